The van der Waals surface area contributed by atoms with E-state index < -0.39 is 0 Å². The molecule has 0 aliphatic rings. The van der Waals surface area contributed by atoms with Crippen LogP contribution in [-0.4, -0.2) is 27.1 Å². The Bertz CT molecular complexity index is 1280. The van der Waals surface area contributed by atoms with Gasteiger partial charge < -0.3 is 0 Å². The van der Waals surface area contributed by atoms with Crippen molar-refractivity contribution in [3.05, 3.63) is 96.4 Å². The SMILES string of the molecule is CN(Cc1cn[nH]c1-c1cccc2ccccc12)Cc1cccc2cnccc12. The topological polar surface area (TPSA) is 44.8 Å². The first-order valence-electron chi connectivity index (χ1n) is 9.80. The third-order valence-corrected chi connectivity index (χ3v) is 5.43. The number of benzene rings is 3. The van der Waals surface area contributed by atoms with Gasteiger partial charge in [-0.25, -0.2) is 0 Å². The van der Waals surface area contributed by atoms with E-state index in [0.717, 1.165) is 18.8 Å². The summed E-state index contributed by atoms with van der Waals surface area (Å²) in [4.78, 5) is 6.57. The lowest BCUT2D eigenvalue weighted by atomic mass is 10.00. The lowest BCUT2D eigenvalue weighted by Gasteiger charge is -2.18. The second kappa shape index (κ2) is 7.49. The Morgan fingerprint density at radius 2 is 1.55 bits per heavy atom. The molecule has 0 unspecified atom stereocenters. The number of hydrogen-bond acceptors (Lipinski definition) is 3. The van der Waals surface area contributed by atoms with Gasteiger partial charge in [0.15, 0.2) is 0 Å². The van der Waals surface area contributed by atoms with E-state index in [2.05, 4.69) is 93.9 Å². The summed E-state index contributed by atoms with van der Waals surface area (Å²) in [7, 11) is 2.15. The van der Waals surface area contributed by atoms with Crippen molar-refractivity contribution in [2.45, 2.75) is 13.1 Å². The van der Waals surface area contributed by atoms with Crippen LogP contribution in [0.5, 0.6) is 0 Å². The monoisotopic (exact) mass is 378 g/mol. The molecule has 5 rings (SSSR count). The van der Waals surface area contributed by atoms with Crippen LogP contribution in [-0.2, 0) is 13.1 Å². The Morgan fingerprint density at radius 1 is 0.759 bits per heavy atom. The highest BCUT2D eigenvalue weighted by atomic mass is 15.1. The quantitative estimate of drug-likeness (QED) is 0.445. The van der Waals surface area contributed by atoms with Gasteiger partial charge in [0.05, 0.1) is 11.9 Å². The van der Waals surface area contributed by atoms with Gasteiger partial charge >= 0.3 is 0 Å². The van der Waals surface area contributed by atoms with Crippen LogP contribution >= 0.6 is 0 Å². The molecule has 0 spiro atoms. The molecule has 0 bridgehead atoms. The molecule has 0 amide bonds. The van der Waals surface area contributed by atoms with Crippen molar-refractivity contribution in [1.82, 2.24) is 20.1 Å². The van der Waals surface area contributed by atoms with Gasteiger partial charge in [-0.1, -0.05) is 60.7 Å². The van der Waals surface area contributed by atoms with E-state index in [1.807, 2.05) is 18.6 Å². The first-order chi connectivity index (χ1) is 14.3. The molecule has 0 saturated heterocycles. The second-order valence-corrected chi connectivity index (χ2v) is 7.48. The summed E-state index contributed by atoms with van der Waals surface area (Å²) in [5.41, 5.74) is 4.80. The molecule has 0 saturated carbocycles. The highest BCUT2D eigenvalue weighted by Crippen LogP contribution is 2.30. The Balaban J connectivity index is 1.44. The lowest BCUT2D eigenvalue weighted by Crippen LogP contribution is -2.17. The van der Waals surface area contributed by atoms with E-state index in [1.54, 1.807) is 0 Å². The van der Waals surface area contributed by atoms with E-state index in [-0.39, 0.29) is 0 Å². The van der Waals surface area contributed by atoms with Crippen molar-refractivity contribution in [1.29, 1.82) is 0 Å². The number of aromatic amines is 1. The van der Waals surface area contributed by atoms with Crippen LogP contribution in [0, 0.1) is 0 Å². The number of pyridine rings is 1. The van der Waals surface area contributed by atoms with Crippen molar-refractivity contribution < 1.29 is 0 Å². The Kier molecular flexibility index (Phi) is 4.54. The van der Waals surface area contributed by atoms with Gasteiger partial charge in [-0.3, -0.25) is 15.0 Å². The van der Waals surface area contributed by atoms with Crippen LogP contribution < -0.4 is 0 Å². The highest BCUT2D eigenvalue weighted by Gasteiger charge is 2.13. The van der Waals surface area contributed by atoms with Crippen molar-refractivity contribution in [3.8, 4) is 11.3 Å². The highest BCUT2D eigenvalue weighted by molar-refractivity contribution is 5.96. The molecule has 4 nitrogen and oxygen atoms in total. The molecule has 1 N–H and O–H groups in total. The lowest BCUT2D eigenvalue weighted by molar-refractivity contribution is 0.321. The second-order valence-electron chi connectivity index (χ2n) is 7.48. The van der Waals surface area contributed by atoms with Crippen LogP contribution in [0.3, 0.4) is 0 Å². The number of hydrogen-bond donors (Lipinski definition) is 1. The molecule has 3 aromatic carbocycles. The predicted molar refractivity (Wildman–Crippen MR) is 118 cm³/mol. The minimum atomic E-state index is 0.816. The average Bonchev–Trinajstić information content (AvgIpc) is 3.21. The fourth-order valence-corrected chi connectivity index (χ4v) is 4.07. The maximum atomic E-state index is 4.36. The zero-order valence-corrected chi connectivity index (χ0v) is 16.3. The minimum absolute atomic E-state index is 0.816. The van der Waals surface area contributed by atoms with Gasteiger partial charge in [0, 0.05) is 42.0 Å². The maximum absolute atomic E-state index is 4.36. The third kappa shape index (κ3) is 3.39. The first-order valence-corrected chi connectivity index (χ1v) is 9.80. The van der Waals surface area contributed by atoms with Gasteiger partial charge in [0.2, 0.25) is 0 Å². The van der Waals surface area contributed by atoms with Gasteiger partial charge in [-0.15, -0.1) is 0 Å². The van der Waals surface area contributed by atoms with Crippen LogP contribution in [0.2, 0.25) is 0 Å². The number of nitrogens with one attached hydrogen (secondary N) is 1. The fraction of sp³-hybridized carbons (Fsp3) is 0.120. The average molecular weight is 378 g/mol. The van der Waals surface area contributed by atoms with E-state index >= 15 is 0 Å². The molecule has 0 fully saturated rings. The van der Waals surface area contributed by atoms with Crippen molar-refractivity contribution in [3.63, 3.8) is 0 Å². The molecule has 4 heteroatoms. The molecular weight excluding hydrogens is 356 g/mol. The summed E-state index contributed by atoms with van der Waals surface area (Å²) in [6.07, 6.45) is 5.73. The van der Waals surface area contributed by atoms with E-state index in [0.29, 0.717) is 0 Å². The summed E-state index contributed by atoms with van der Waals surface area (Å²) < 4.78 is 0. The van der Waals surface area contributed by atoms with E-state index in [1.165, 1.54) is 38.2 Å². The number of fused-ring (bicyclic) bond motifs is 2. The van der Waals surface area contributed by atoms with E-state index in [4.69, 9.17) is 0 Å². The van der Waals surface area contributed by atoms with Gasteiger partial charge in [0.1, 0.15) is 0 Å². The number of nitrogens with zero attached hydrogens (tertiary/aromatic N) is 3. The number of aromatic nitrogens is 3. The van der Waals surface area contributed by atoms with Crippen molar-refractivity contribution >= 4 is 21.5 Å². The summed E-state index contributed by atoms with van der Waals surface area (Å²) in [5, 5.41) is 12.5. The van der Waals surface area contributed by atoms with Gasteiger partial charge in [0.25, 0.3) is 0 Å². The smallest absolute Gasteiger partial charge is 0.0701 e. The maximum Gasteiger partial charge on any atom is 0.0701 e. The summed E-state index contributed by atoms with van der Waals surface area (Å²) >= 11 is 0. The standard InChI is InChI=1S/C25H22N4/c1-29(16-20-9-4-8-19-14-26-13-12-22(19)20)17-21-15-27-28-25(21)24-11-5-7-18-6-2-3-10-23(18)24/h2-15H,16-17H2,1H3,(H,27,28). The molecule has 29 heavy (non-hydrogen) atoms. The van der Waals surface area contributed by atoms with Crippen LogP contribution in [0.1, 0.15) is 11.1 Å². The van der Waals surface area contributed by atoms with Gasteiger partial charge in [-0.2, -0.15) is 5.10 Å². The largest absolute Gasteiger partial charge is 0.298 e. The van der Waals surface area contributed by atoms with Crippen molar-refractivity contribution in [2.24, 2.45) is 0 Å². The summed E-state index contributed by atoms with van der Waals surface area (Å²) in [6.45, 7) is 1.68. The van der Waals surface area contributed by atoms with Crippen LogP contribution in [0.15, 0.2) is 85.3 Å². The molecule has 0 aliphatic heterocycles. The van der Waals surface area contributed by atoms with Gasteiger partial charge in [-0.05, 0) is 34.8 Å². The third-order valence-electron chi connectivity index (χ3n) is 5.43. The number of H-pyrrole nitrogens is 1. The molecular formula is C25H22N4. The van der Waals surface area contributed by atoms with Crippen molar-refractivity contribution in [2.75, 3.05) is 7.05 Å². The zero-order chi connectivity index (χ0) is 19.6. The minimum Gasteiger partial charge on any atom is -0.298 e. The Labute approximate surface area is 169 Å². The predicted octanol–water partition coefficient (Wildman–Crippen LogP) is 5.41. The number of rotatable bonds is 5. The normalized spacial score (nSPS) is 11.5. The summed E-state index contributed by atoms with van der Waals surface area (Å²) in [6, 6.07) is 23.4. The Morgan fingerprint density at radius 3 is 2.52 bits per heavy atom. The molecule has 0 atom stereocenters. The molecule has 0 radical (unpaired) electrons. The van der Waals surface area contributed by atoms with Crippen LogP contribution in [0.4, 0.5) is 0 Å². The Hall–Kier alpha value is -3.50. The molecule has 2 heterocycles. The van der Waals surface area contributed by atoms with Crippen LogP contribution in [0.25, 0.3) is 32.8 Å². The zero-order valence-electron chi connectivity index (χ0n) is 16.3. The summed E-state index contributed by atoms with van der Waals surface area (Å²) in [5.74, 6) is 0. The molecule has 0 aliphatic carbocycles. The fourth-order valence-electron chi connectivity index (χ4n) is 4.07. The first kappa shape index (κ1) is 17.6. The van der Waals surface area contributed by atoms with E-state index in [9.17, 15) is 0 Å². The molecule has 142 valence electrons. The molecule has 5 aromatic rings. The molecule has 2 aromatic heterocycles.